The minimum atomic E-state index is -0.518. The van der Waals surface area contributed by atoms with Crippen molar-refractivity contribution in [1.29, 1.82) is 0 Å². The van der Waals surface area contributed by atoms with Crippen LogP contribution in [0.1, 0.15) is 25.5 Å². The summed E-state index contributed by atoms with van der Waals surface area (Å²) in [7, 11) is 2.84. The largest absolute Gasteiger partial charge is 0.493 e. The lowest BCUT2D eigenvalue weighted by molar-refractivity contribution is -0.385. The van der Waals surface area contributed by atoms with Crippen LogP contribution in [0.5, 0.6) is 11.5 Å². The van der Waals surface area contributed by atoms with Crippen LogP contribution in [-0.4, -0.2) is 25.1 Å². The Labute approximate surface area is 110 Å². The number of amides is 1. The monoisotopic (exact) mass is 268 g/mol. The summed E-state index contributed by atoms with van der Waals surface area (Å²) in [5.74, 6) is 0.379. The number of nitro groups is 1. The van der Waals surface area contributed by atoms with Crippen molar-refractivity contribution < 1.29 is 19.2 Å². The summed E-state index contributed by atoms with van der Waals surface area (Å²) < 4.78 is 10.1. The number of nitro benzene ring substituents is 1. The fourth-order valence-electron chi connectivity index (χ4n) is 1.77. The highest BCUT2D eigenvalue weighted by molar-refractivity contribution is 5.73. The summed E-state index contributed by atoms with van der Waals surface area (Å²) in [5, 5.41) is 13.7. The Morgan fingerprint density at radius 3 is 2.26 bits per heavy atom. The fraction of sp³-hybridized carbons (Fsp3) is 0.417. The van der Waals surface area contributed by atoms with Gasteiger partial charge in [-0.05, 0) is 13.0 Å². The summed E-state index contributed by atoms with van der Waals surface area (Å²) in [6, 6.07) is 2.28. The fourth-order valence-corrected chi connectivity index (χ4v) is 1.77. The van der Waals surface area contributed by atoms with Crippen molar-refractivity contribution in [2.75, 3.05) is 14.2 Å². The second kappa shape index (κ2) is 6.03. The lowest BCUT2D eigenvalue weighted by Crippen LogP contribution is -2.24. The number of nitrogens with zero attached hydrogens (tertiary/aromatic N) is 1. The van der Waals surface area contributed by atoms with E-state index < -0.39 is 11.0 Å². The van der Waals surface area contributed by atoms with E-state index in [9.17, 15) is 14.9 Å². The number of carbonyl (C=O) groups excluding carboxylic acids is 1. The molecule has 1 unspecified atom stereocenters. The normalized spacial score (nSPS) is 11.6. The standard InChI is InChI=1S/C12H16N2O5/c1-7(13-8(2)15)9-5-11(18-3)12(19-4)6-10(9)14(16)17/h5-7H,1-4H3,(H,13,15). The van der Waals surface area contributed by atoms with Crippen molar-refractivity contribution in [3.63, 3.8) is 0 Å². The second-order valence-corrected chi connectivity index (χ2v) is 3.95. The molecule has 1 aromatic carbocycles. The van der Waals surface area contributed by atoms with Gasteiger partial charge in [-0.3, -0.25) is 14.9 Å². The molecule has 1 amide bonds. The number of methoxy groups -OCH3 is 2. The Kier molecular flexibility index (Phi) is 4.68. The molecule has 1 aromatic rings. The predicted molar refractivity (Wildman–Crippen MR) is 68.4 cm³/mol. The number of rotatable bonds is 5. The zero-order chi connectivity index (χ0) is 14.6. The predicted octanol–water partition coefficient (Wildman–Crippen LogP) is 1.81. The van der Waals surface area contributed by atoms with E-state index in [1.807, 2.05) is 0 Å². The first-order chi connectivity index (χ1) is 8.90. The third kappa shape index (κ3) is 3.34. The van der Waals surface area contributed by atoms with Crippen molar-refractivity contribution in [3.8, 4) is 11.5 Å². The minimum Gasteiger partial charge on any atom is -0.493 e. The average molecular weight is 268 g/mol. The molecule has 0 radical (unpaired) electrons. The van der Waals surface area contributed by atoms with Gasteiger partial charge in [-0.15, -0.1) is 0 Å². The minimum absolute atomic E-state index is 0.126. The Morgan fingerprint density at radius 2 is 1.84 bits per heavy atom. The Balaban J connectivity index is 3.34. The SMILES string of the molecule is COc1cc(C(C)NC(C)=O)c([N+](=O)[O-])cc1OC. The number of carbonyl (C=O) groups is 1. The Hall–Kier alpha value is -2.31. The summed E-state index contributed by atoms with van der Waals surface area (Å²) in [5.41, 5.74) is 0.233. The van der Waals surface area contributed by atoms with E-state index >= 15 is 0 Å². The lowest BCUT2D eigenvalue weighted by Gasteiger charge is -2.16. The Morgan fingerprint density at radius 1 is 1.32 bits per heavy atom. The van der Waals surface area contributed by atoms with Gasteiger partial charge in [-0.1, -0.05) is 0 Å². The van der Waals surface area contributed by atoms with Crippen LogP contribution in [0.15, 0.2) is 12.1 Å². The second-order valence-electron chi connectivity index (χ2n) is 3.95. The maximum Gasteiger partial charge on any atom is 0.278 e. The van der Waals surface area contributed by atoms with E-state index in [4.69, 9.17) is 9.47 Å². The van der Waals surface area contributed by atoms with Gasteiger partial charge in [0.05, 0.1) is 36.8 Å². The molecule has 0 heterocycles. The van der Waals surface area contributed by atoms with Gasteiger partial charge in [0.1, 0.15) is 0 Å². The van der Waals surface area contributed by atoms with Crippen molar-refractivity contribution in [3.05, 3.63) is 27.8 Å². The van der Waals surface area contributed by atoms with E-state index in [1.165, 1.54) is 33.3 Å². The van der Waals surface area contributed by atoms with E-state index in [0.29, 0.717) is 11.3 Å². The topological polar surface area (TPSA) is 90.7 Å². The van der Waals surface area contributed by atoms with Crippen molar-refractivity contribution in [1.82, 2.24) is 5.32 Å². The van der Waals surface area contributed by atoms with E-state index in [0.717, 1.165) is 0 Å². The van der Waals surface area contributed by atoms with E-state index in [2.05, 4.69) is 5.32 Å². The van der Waals surface area contributed by atoms with Crippen LogP contribution in [0.4, 0.5) is 5.69 Å². The molecule has 0 fully saturated rings. The molecule has 7 heteroatoms. The molecule has 7 nitrogen and oxygen atoms in total. The van der Waals surface area contributed by atoms with Crippen LogP contribution >= 0.6 is 0 Å². The number of hydrogen-bond acceptors (Lipinski definition) is 5. The van der Waals surface area contributed by atoms with Crippen LogP contribution in [0, 0.1) is 10.1 Å². The van der Waals surface area contributed by atoms with Crippen LogP contribution in [0.3, 0.4) is 0 Å². The van der Waals surface area contributed by atoms with Gasteiger partial charge < -0.3 is 14.8 Å². The lowest BCUT2D eigenvalue weighted by atomic mass is 10.0. The molecule has 0 saturated heterocycles. The third-order valence-electron chi connectivity index (χ3n) is 2.62. The van der Waals surface area contributed by atoms with Gasteiger partial charge in [0.25, 0.3) is 5.69 Å². The zero-order valence-electron chi connectivity index (χ0n) is 11.2. The van der Waals surface area contributed by atoms with Crippen molar-refractivity contribution >= 4 is 11.6 Å². The molecule has 0 aromatic heterocycles. The van der Waals surface area contributed by atoms with Gasteiger partial charge in [-0.25, -0.2) is 0 Å². The van der Waals surface area contributed by atoms with Crippen LogP contribution in [-0.2, 0) is 4.79 Å². The first kappa shape index (κ1) is 14.7. The molecule has 0 aliphatic carbocycles. The Bertz CT molecular complexity index is 501. The molecule has 1 N–H and O–H groups in total. The molecule has 104 valence electrons. The van der Waals surface area contributed by atoms with Gasteiger partial charge in [-0.2, -0.15) is 0 Å². The van der Waals surface area contributed by atoms with E-state index in [-0.39, 0.29) is 17.3 Å². The molecule has 1 atom stereocenters. The molecule has 0 aliphatic rings. The number of benzene rings is 1. The van der Waals surface area contributed by atoms with Gasteiger partial charge >= 0.3 is 0 Å². The van der Waals surface area contributed by atoms with Crippen LogP contribution < -0.4 is 14.8 Å². The quantitative estimate of drug-likeness (QED) is 0.649. The molecule has 0 bridgehead atoms. The maximum atomic E-state index is 11.1. The maximum absolute atomic E-state index is 11.1. The van der Waals surface area contributed by atoms with Gasteiger partial charge in [0.2, 0.25) is 5.91 Å². The molecule has 0 saturated carbocycles. The first-order valence-electron chi connectivity index (χ1n) is 5.58. The van der Waals surface area contributed by atoms with Crippen molar-refractivity contribution in [2.45, 2.75) is 19.9 Å². The van der Waals surface area contributed by atoms with E-state index in [1.54, 1.807) is 6.92 Å². The van der Waals surface area contributed by atoms with Crippen LogP contribution in [0.2, 0.25) is 0 Å². The third-order valence-corrected chi connectivity index (χ3v) is 2.62. The smallest absolute Gasteiger partial charge is 0.278 e. The first-order valence-corrected chi connectivity index (χ1v) is 5.58. The summed E-state index contributed by atoms with van der Waals surface area (Å²) >= 11 is 0. The summed E-state index contributed by atoms with van der Waals surface area (Å²) in [6.45, 7) is 3.01. The summed E-state index contributed by atoms with van der Waals surface area (Å²) in [6.07, 6.45) is 0. The molecule has 0 spiro atoms. The highest BCUT2D eigenvalue weighted by atomic mass is 16.6. The number of hydrogen-bond donors (Lipinski definition) is 1. The van der Waals surface area contributed by atoms with Crippen molar-refractivity contribution in [2.24, 2.45) is 0 Å². The van der Waals surface area contributed by atoms with Gasteiger partial charge in [0.15, 0.2) is 11.5 Å². The molecule has 1 rings (SSSR count). The molecular weight excluding hydrogens is 252 g/mol. The molecule has 19 heavy (non-hydrogen) atoms. The number of ether oxygens (including phenoxy) is 2. The van der Waals surface area contributed by atoms with Crippen LogP contribution in [0.25, 0.3) is 0 Å². The van der Waals surface area contributed by atoms with Gasteiger partial charge in [0, 0.05) is 6.92 Å². The molecule has 0 aliphatic heterocycles. The zero-order valence-corrected chi connectivity index (χ0v) is 11.2. The summed E-state index contributed by atoms with van der Waals surface area (Å²) in [4.78, 5) is 21.6. The highest BCUT2D eigenvalue weighted by Crippen LogP contribution is 2.37. The number of nitrogens with one attached hydrogen (secondary N) is 1. The highest BCUT2D eigenvalue weighted by Gasteiger charge is 2.23. The average Bonchev–Trinajstić information content (AvgIpc) is 2.35. The molecular formula is C12H16N2O5.